The average molecular weight is 474 g/mol. The topological polar surface area (TPSA) is 127 Å². The molecule has 0 saturated heterocycles. The normalized spacial score (nSPS) is 10.9. The van der Waals surface area contributed by atoms with Crippen molar-refractivity contribution in [2.24, 2.45) is 5.73 Å². The number of pyridine rings is 1. The zero-order chi connectivity index (χ0) is 21.6. The SMILES string of the molecule is Cc1cc(Br)ncc1-n1c(CC(CN)=C(F)F)n[nH]c1=O.O=C(O)C(F)(F)F. The van der Waals surface area contributed by atoms with E-state index in [1.807, 2.05) is 0 Å². The number of carbonyl (C=O) groups is 1. The molecule has 2 aromatic heterocycles. The zero-order valence-corrected chi connectivity index (χ0v) is 15.6. The summed E-state index contributed by atoms with van der Waals surface area (Å²) in [6, 6.07) is 1.72. The lowest BCUT2D eigenvalue weighted by Gasteiger charge is -2.09. The number of rotatable bonds is 4. The predicted octanol–water partition coefficient (Wildman–Crippen LogP) is 2.31. The Bertz CT molecular complexity index is 934. The molecule has 4 N–H and O–H groups in total. The molecule has 154 valence electrons. The van der Waals surface area contributed by atoms with E-state index in [9.17, 15) is 26.7 Å². The Kier molecular flexibility index (Phi) is 7.99. The largest absolute Gasteiger partial charge is 0.490 e. The number of carboxylic acids is 1. The number of alkyl halides is 3. The summed E-state index contributed by atoms with van der Waals surface area (Å²) in [4.78, 5) is 24.8. The fourth-order valence-electron chi connectivity index (χ4n) is 1.85. The second-order valence-electron chi connectivity index (χ2n) is 5.12. The van der Waals surface area contributed by atoms with E-state index in [-0.39, 0.29) is 24.4 Å². The fraction of sp³-hybridized carbons (Fsp3) is 0.286. The first-order valence-corrected chi connectivity index (χ1v) is 7.99. The van der Waals surface area contributed by atoms with Gasteiger partial charge in [-0.15, -0.1) is 0 Å². The molecule has 0 saturated carbocycles. The van der Waals surface area contributed by atoms with Gasteiger partial charge in [-0.2, -0.15) is 27.1 Å². The zero-order valence-electron chi connectivity index (χ0n) is 14.0. The van der Waals surface area contributed by atoms with Gasteiger partial charge >= 0.3 is 17.8 Å². The number of aromatic nitrogens is 4. The highest BCUT2D eigenvalue weighted by Gasteiger charge is 2.38. The van der Waals surface area contributed by atoms with Gasteiger partial charge in [-0.25, -0.2) is 24.2 Å². The van der Waals surface area contributed by atoms with Crippen LogP contribution in [-0.2, 0) is 11.2 Å². The highest BCUT2D eigenvalue weighted by Crippen LogP contribution is 2.18. The summed E-state index contributed by atoms with van der Waals surface area (Å²) in [5.74, 6) is -2.60. The predicted molar refractivity (Wildman–Crippen MR) is 90.1 cm³/mol. The number of hydrogen-bond acceptors (Lipinski definition) is 5. The lowest BCUT2D eigenvalue weighted by atomic mass is 10.2. The number of nitrogens with two attached hydrogens (primary N) is 1. The van der Waals surface area contributed by atoms with E-state index in [0.29, 0.717) is 10.3 Å². The van der Waals surface area contributed by atoms with Crippen LogP contribution in [0, 0.1) is 6.92 Å². The highest BCUT2D eigenvalue weighted by atomic mass is 79.9. The van der Waals surface area contributed by atoms with Crippen LogP contribution in [0.25, 0.3) is 5.69 Å². The number of aryl methyl sites for hydroxylation is 1. The molecule has 0 radical (unpaired) electrons. The summed E-state index contributed by atoms with van der Waals surface area (Å²) in [7, 11) is 0. The molecule has 0 aliphatic heterocycles. The lowest BCUT2D eigenvalue weighted by Crippen LogP contribution is -2.21. The van der Waals surface area contributed by atoms with Crippen molar-refractivity contribution >= 4 is 21.9 Å². The number of nitrogens with one attached hydrogen (secondary N) is 1. The number of hydrogen-bond donors (Lipinski definition) is 3. The molecule has 14 heteroatoms. The monoisotopic (exact) mass is 473 g/mol. The van der Waals surface area contributed by atoms with E-state index in [4.69, 9.17) is 15.6 Å². The van der Waals surface area contributed by atoms with Crippen LogP contribution in [0.3, 0.4) is 0 Å². The third kappa shape index (κ3) is 6.23. The first-order chi connectivity index (χ1) is 12.9. The number of H-pyrrole nitrogens is 1. The molecule has 2 aromatic rings. The lowest BCUT2D eigenvalue weighted by molar-refractivity contribution is -0.192. The van der Waals surface area contributed by atoms with Gasteiger partial charge < -0.3 is 10.8 Å². The second-order valence-corrected chi connectivity index (χ2v) is 5.93. The second kappa shape index (κ2) is 9.54. The molecule has 0 spiro atoms. The fourth-order valence-corrected chi connectivity index (χ4v) is 2.30. The van der Waals surface area contributed by atoms with Crippen LogP contribution in [0.15, 0.2) is 33.3 Å². The summed E-state index contributed by atoms with van der Waals surface area (Å²) in [5, 5.41) is 13.2. The van der Waals surface area contributed by atoms with Crippen LogP contribution >= 0.6 is 15.9 Å². The minimum absolute atomic E-state index is 0.153. The number of halogens is 6. The number of aliphatic carboxylic acids is 1. The van der Waals surface area contributed by atoms with E-state index < -0.39 is 23.9 Å². The van der Waals surface area contributed by atoms with E-state index >= 15 is 0 Å². The van der Waals surface area contributed by atoms with Crippen LogP contribution in [0.4, 0.5) is 22.0 Å². The third-order valence-corrected chi connectivity index (χ3v) is 3.59. The number of nitrogens with zero attached hydrogens (tertiary/aromatic N) is 3. The van der Waals surface area contributed by atoms with Gasteiger partial charge in [-0.3, -0.25) is 0 Å². The van der Waals surface area contributed by atoms with E-state index in [1.54, 1.807) is 13.0 Å². The summed E-state index contributed by atoms with van der Waals surface area (Å²) in [6.45, 7) is 1.47. The minimum Gasteiger partial charge on any atom is -0.475 e. The standard InChI is InChI=1S/C12H12BrF2N5O.C2HF3O2/c1-6-2-9(13)17-5-8(6)20-10(18-19-12(20)21)3-7(4-16)11(14)15;3-2(4,5)1(6)7/h2,5H,3-4,16H2,1H3,(H,19,21);(H,6,7). The summed E-state index contributed by atoms with van der Waals surface area (Å²) >= 11 is 3.22. The molecule has 0 fully saturated rings. The minimum atomic E-state index is -5.08. The molecule has 28 heavy (non-hydrogen) atoms. The molecule has 0 unspecified atom stereocenters. The van der Waals surface area contributed by atoms with Gasteiger partial charge in [-0.05, 0) is 34.5 Å². The summed E-state index contributed by atoms with van der Waals surface area (Å²) in [5.41, 5.74) is 5.72. The van der Waals surface area contributed by atoms with Crippen molar-refractivity contribution in [1.82, 2.24) is 19.7 Å². The van der Waals surface area contributed by atoms with E-state index in [0.717, 1.165) is 5.56 Å². The van der Waals surface area contributed by atoms with Crippen LogP contribution in [0.5, 0.6) is 0 Å². The van der Waals surface area contributed by atoms with Crippen LogP contribution in [0.2, 0.25) is 0 Å². The number of carboxylic acid groups (broad SMARTS) is 1. The van der Waals surface area contributed by atoms with Crippen molar-refractivity contribution < 1.29 is 31.9 Å². The Hall–Kier alpha value is -2.61. The van der Waals surface area contributed by atoms with Crippen molar-refractivity contribution in [3.05, 3.63) is 50.4 Å². The smallest absolute Gasteiger partial charge is 0.475 e. The van der Waals surface area contributed by atoms with Gasteiger partial charge in [-0.1, -0.05) is 0 Å². The van der Waals surface area contributed by atoms with Gasteiger partial charge in [0.1, 0.15) is 10.4 Å². The Morgan fingerprint density at radius 1 is 1.39 bits per heavy atom. The van der Waals surface area contributed by atoms with Crippen molar-refractivity contribution in [1.29, 1.82) is 0 Å². The highest BCUT2D eigenvalue weighted by molar-refractivity contribution is 9.10. The molecule has 0 amide bonds. The molecule has 0 aliphatic rings. The Labute approximate surface area is 162 Å². The Balaban J connectivity index is 0.000000480. The third-order valence-electron chi connectivity index (χ3n) is 3.16. The average Bonchev–Trinajstić information content (AvgIpc) is 2.92. The van der Waals surface area contributed by atoms with Crippen LogP contribution in [-0.4, -0.2) is 43.5 Å². The molecule has 0 aliphatic carbocycles. The molecular formula is C14H13BrF5N5O3. The van der Waals surface area contributed by atoms with Crippen molar-refractivity contribution in [3.8, 4) is 5.69 Å². The quantitative estimate of drug-likeness (QED) is 0.461. The Morgan fingerprint density at radius 2 is 1.96 bits per heavy atom. The van der Waals surface area contributed by atoms with Crippen LogP contribution in [0.1, 0.15) is 11.4 Å². The molecule has 0 bridgehead atoms. The molecular weight excluding hydrogens is 461 g/mol. The molecule has 0 aromatic carbocycles. The van der Waals surface area contributed by atoms with Gasteiger partial charge in [0.2, 0.25) is 0 Å². The number of aromatic amines is 1. The summed E-state index contributed by atoms with van der Waals surface area (Å²) < 4.78 is 59.0. The maximum atomic E-state index is 12.7. The molecule has 8 nitrogen and oxygen atoms in total. The van der Waals surface area contributed by atoms with Crippen molar-refractivity contribution in [2.75, 3.05) is 6.54 Å². The van der Waals surface area contributed by atoms with Gasteiger partial charge in [0.15, 0.2) is 0 Å². The van der Waals surface area contributed by atoms with Gasteiger partial charge in [0.05, 0.1) is 11.9 Å². The summed E-state index contributed by atoms with van der Waals surface area (Å²) in [6.07, 6.45) is -5.69. The maximum Gasteiger partial charge on any atom is 0.490 e. The van der Waals surface area contributed by atoms with E-state index in [1.165, 1.54) is 10.8 Å². The first kappa shape index (κ1) is 23.4. The van der Waals surface area contributed by atoms with Crippen molar-refractivity contribution in [3.63, 3.8) is 0 Å². The Morgan fingerprint density at radius 3 is 2.39 bits per heavy atom. The molecule has 2 heterocycles. The van der Waals surface area contributed by atoms with Crippen LogP contribution < -0.4 is 11.4 Å². The first-order valence-electron chi connectivity index (χ1n) is 7.20. The maximum absolute atomic E-state index is 12.7. The van der Waals surface area contributed by atoms with Gasteiger partial charge in [0.25, 0.3) is 6.08 Å². The van der Waals surface area contributed by atoms with E-state index in [2.05, 4.69) is 31.1 Å². The molecule has 2 rings (SSSR count). The molecule has 0 atom stereocenters. The van der Waals surface area contributed by atoms with Crippen molar-refractivity contribution in [2.45, 2.75) is 19.5 Å². The van der Waals surface area contributed by atoms with Gasteiger partial charge in [0, 0.05) is 18.5 Å².